The first-order valence-corrected chi connectivity index (χ1v) is 4.75. The van der Waals surface area contributed by atoms with E-state index in [-0.39, 0.29) is 11.6 Å². The summed E-state index contributed by atoms with van der Waals surface area (Å²) in [6.45, 7) is 0. The summed E-state index contributed by atoms with van der Waals surface area (Å²) in [5.41, 5.74) is 0.312. The van der Waals surface area contributed by atoms with Crippen LogP contribution in [0.25, 0.3) is 5.69 Å². The number of aromatic hydroxyl groups is 1. The number of nitrogens with zero attached hydrogens (tertiary/aromatic N) is 2. The lowest BCUT2D eigenvalue weighted by Gasteiger charge is -2.04. The Morgan fingerprint density at radius 2 is 1.88 bits per heavy atom. The van der Waals surface area contributed by atoms with Crippen LogP contribution in [0.5, 0.6) is 11.6 Å². The van der Waals surface area contributed by atoms with Crippen molar-refractivity contribution in [2.75, 3.05) is 7.11 Å². The predicted octanol–water partition coefficient (Wildman–Crippen LogP) is 0.890. The van der Waals surface area contributed by atoms with E-state index in [1.807, 2.05) is 0 Å². The normalized spacial score (nSPS) is 10.4. The highest BCUT2D eigenvalue weighted by Crippen LogP contribution is 2.17. The summed E-state index contributed by atoms with van der Waals surface area (Å²) in [7, 11) is 3.16. The molecule has 1 N–H and O–H groups in total. The second kappa shape index (κ2) is 3.77. The van der Waals surface area contributed by atoms with Crippen LogP contribution in [0.3, 0.4) is 0 Å². The van der Waals surface area contributed by atoms with Gasteiger partial charge < -0.3 is 9.84 Å². The van der Waals surface area contributed by atoms with Gasteiger partial charge in [-0.25, -0.2) is 9.36 Å². The molecule has 16 heavy (non-hydrogen) atoms. The molecule has 0 radical (unpaired) electrons. The molecule has 2 aromatic rings. The molecule has 0 fully saturated rings. The van der Waals surface area contributed by atoms with E-state index in [9.17, 15) is 9.90 Å². The van der Waals surface area contributed by atoms with Crippen LogP contribution < -0.4 is 10.4 Å². The van der Waals surface area contributed by atoms with Crippen LogP contribution in [-0.4, -0.2) is 21.4 Å². The topological polar surface area (TPSA) is 56.4 Å². The maximum Gasteiger partial charge on any atom is 0.335 e. The quantitative estimate of drug-likeness (QED) is 0.817. The van der Waals surface area contributed by atoms with Gasteiger partial charge in [-0.3, -0.25) is 4.57 Å². The van der Waals surface area contributed by atoms with Crippen LogP contribution in [0.4, 0.5) is 0 Å². The van der Waals surface area contributed by atoms with Gasteiger partial charge in [-0.1, -0.05) is 0 Å². The van der Waals surface area contributed by atoms with Gasteiger partial charge in [0.25, 0.3) is 0 Å². The maximum absolute atomic E-state index is 11.7. The molecular weight excluding hydrogens is 208 g/mol. The maximum atomic E-state index is 11.7. The van der Waals surface area contributed by atoms with Crippen molar-refractivity contribution >= 4 is 0 Å². The average Bonchev–Trinajstić information content (AvgIpc) is 2.54. The molecule has 5 heteroatoms. The second-order valence-electron chi connectivity index (χ2n) is 3.41. The van der Waals surface area contributed by atoms with Crippen molar-refractivity contribution in [3.05, 3.63) is 40.9 Å². The van der Waals surface area contributed by atoms with Crippen LogP contribution in [-0.2, 0) is 7.05 Å². The van der Waals surface area contributed by atoms with E-state index in [0.29, 0.717) is 11.4 Å². The summed E-state index contributed by atoms with van der Waals surface area (Å²) in [6.07, 6.45) is 1.37. The summed E-state index contributed by atoms with van der Waals surface area (Å²) in [5, 5.41) is 9.60. The lowest BCUT2D eigenvalue weighted by atomic mass is 10.3. The summed E-state index contributed by atoms with van der Waals surface area (Å²) in [6, 6.07) is 6.88. The molecule has 84 valence electrons. The predicted molar refractivity (Wildman–Crippen MR) is 59.2 cm³/mol. The van der Waals surface area contributed by atoms with Gasteiger partial charge in [0.15, 0.2) is 0 Å². The van der Waals surface area contributed by atoms with Crippen LogP contribution in [0.1, 0.15) is 0 Å². The first-order valence-electron chi connectivity index (χ1n) is 4.75. The van der Waals surface area contributed by atoms with Gasteiger partial charge in [-0.15, -0.1) is 0 Å². The van der Waals surface area contributed by atoms with Crippen LogP contribution in [0, 0.1) is 0 Å². The summed E-state index contributed by atoms with van der Waals surface area (Å²) >= 11 is 0. The Labute approximate surface area is 92.1 Å². The Kier molecular flexibility index (Phi) is 2.44. The fraction of sp³-hybridized carbons (Fsp3) is 0.182. The molecule has 2 rings (SSSR count). The van der Waals surface area contributed by atoms with Gasteiger partial charge in [0, 0.05) is 7.05 Å². The van der Waals surface area contributed by atoms with Crippen molar-refractivity contribution < 1.29 is 9.84 Å². The Balaban J connectivity index is 2.54. The summed E-state index contributed by atoms with van der Waals surface area (Å²) < 4.78 is 7.56. The largest absolute Gasteiger partial charge is 0.497 e. The van der Waals surface area contributed by atoms with Gasteiger partial charge in [0.1, 0.15) is 5.75 Å². The van der Waals surface area contributed by atoms with E-state index in [1.165, 1.54) is 15.3 Å². The van der Waals surface area contributed by atoms with Crippen LogP contribution >= 0.6 is 0 Å². The van der Waals surface area contributed by atoms with Gasteiger partial charge >= 0.3 is 5.69 Å². The van der Waals surface area contributed by atoms with E-state index in [0.717, 1.165) is 0 Å². The number of rotatable bonds is 2. The van der Waals surface area contributed by atoms with Crippen molar-refractivity contribution in [3.8, 4) is 17.3 Å². The Hall–Kier alpha value is -2.17. The summed E-state index contributed by atoms with van der Waals surface area (Å²) in [4.78, 5) is 11.7. The molecule has 0 aliphatic rings. The minimum absolute atomic E-state index is 0.0855. The highest BCUT2D eigenvalue weighted by molar-refractivity contribution is 5.39. The summed E-state index contributed by atoms with van der Waals surface area (Å²) in [5.74, 6) is 0.616. The third-order valence-corrected chi connectivity index (χ3v) is 2.36. The fourth-order valence-corrected chi connectivity index (χ4v) is 1.52. The van der Waals surface area contributed by atoms with Gasteiger partial charge in [-0.05, 0) is 24.3 Å². The van der Waals surface area contributed by atoms with E-state index < -0.39 is 0 Å². The lowest BCUT2D eigenvalue weighted by molar-refractivity contribution is 0.414. The smallest absolute Gasteiger partial charge is 0.335 e. The number of aromatic nitrogens is 2. The van der Waals surface area contributed by atoms with E-state index in [1.54, 1.807) is 38.4 Å². The van der Waals surface area contributed by atoms with E-state index in [4.69, 9.17) is 4.74 Å². The zero-order valence-electron chi connectivity index (χ0n) is 9.04. The standard InChI is InChI=1S/C11H12N2O3/c1-12-7-10(14)13(11(12)15)8-3-5-9(16-2)6-4-8/h3-7,14H,1-2H3. The third kappa shape index (κ3) is 1.56. The minimum Gasteiger partial charge on any atom is -0.497 e. The monoisotopic (exact) mass is 220 g/mol. The van der Waals surface area contributed by atoms with Crippen LogP contribution in [0.15, 0.2) is 35.3 Å². The number of hydrogen-bond donors (Lipinski definition) is 1. The molecule has 0 atom stereocenters. The zero-order valence-corrected chi connectivity index (χ0v) is 9.04. The molecule has 0 spiro atoms. The molecule has 0 unspecified atom stereocenters. The zero-order chi connectivity index (χ0) is 11.7. The molecule has 1 aromatic heterocycles. The van der Waals surface area contributed by atoms with Crippen molar-refractivity contribution in [1.29, 1.82) is 0 Å². The number of hydrogen-bond acceptors (Lipinski definition) is 3. The molecule has 1 aromatic carbocycles. The second-order valence-corrected chi connectivity index (χ2v) is 3.41. The Morgan fingerprint density at radius 3 is 2.31 bits per heavy atom. The van der Waals surface area contributed by atoms with Crippen LogP contribution in [0.2, 0.25) is 0 Å². The van der Waals surface area contributed by atoms with Crippen molar-refractivity contribution in [3.63, 3.8) is 0 Å². The van der Waals surface area contributed by atoms with Crippen molar-refractivity contribution in [2.45, 2.75) is 0 Å². The molecular formula is C11H12N2O3. The molecule has 0 saturated carbocycles. The first kappa shape index (κ1) is 10.4. The van der Waals surface area contributed by atoms with Gasteiger partial charge in [0.2, 0.25) is 5.88 Å². The highest BCUT2D eigenvalue weighted by Gasteiger charge is 2.09. The molecule has 0 aliphatic carbocycles. The molecule has 0 bridgehead atoms. The molecule has 0 saturated heterocycles. The number of imidazole rings is 1. The van der Waals surface area contributed by atoms with Gasteiger partial charge in [-0.2, -0.15) is 0 Å². The number of aryl methyl sites for hydroxylation is 1. The highest BCUT2D eigenvalue weighted by atomic mass is 16.5. The van der Waals surface area contributed by atoms with E-state index in [2.05, 4.69) is 0 Å². The molecule has 0 aliphatic heterocycles. The molecule has 5 nitrogen and oxygen atoms in total. The number of benzene rings is 1. The average molecular weight is 220 g/mol. The number of methoxy groups -OCH3 is 1. The Bertz CT molecular complexity index is 552. The minimum atomic E-state index is -0.289. The van der Waals surface area contributed by atoms with E-state index >= 15 is 0 Å². The first-order chi connectivity index (χ1) is 7.63. The third-order valence-electron chi connectivity index (χ3n) is 2.36. The van der Waals surface area contributed by atoms with Crippen molar-refractivity contribution in [1.82, 2.24) is 9.13 Å². The van der Waals surface area contributed by atoms with Gasteiger partial charge in [0.05, 0.1) is 19.0 Å². The van der Waals surface area contributed by atoms with Crippen molar-refractivity contribution in [2.24, 2.45) is 7.05 Å². The lowest BCUT2D eigenvalue weighted by Crippen LogP contribution is -2.20. The Morgan fingerprint density at radius 1 is 1.25 bits per heavy atom. The molecule has 0 amide bonds. The molecule has 1 heterocycles. The number of ether oxygens (including phenoxy) is 1. The SMILES string of the molecule is COc1ccc(-n2c(O)cn(C)c2=O)cc1. The fourth-order valence-electron chi connectivity index (χ4n) is 1.52.